The van der Waals surface area contributed by atoms with Crippen LogP contribution in [0.15, 0.2) is 41.3 Å². The van der Waals surface area contributed by atoms with E-state index in [9.17, 15) is 26.0 Å². The lowest BCUT2D eigenvalue weighted by atomic mass is 10.1. The summed E-state index contributed by atoms with van der Waals surface area (Å²) in [5.41, 5.74) is -1.37. The molecule has 0 fully saturated rings. The highest BCUT2D eigenvalue weighted by atomic mass is 32.2. The van der Waals surface area contributed by atoms with E-state index in [-0.39, 0.29) is 28.4 Å². The zero-order chi connectivity index (χ0) is 17.7. The van der Waals surface area contributed by atoms with E-state index in [1.54, 1.807) is 0 Å². The SMILES string of the molecule is COc1cc(N2Cc3c(F)cccc3S2(=O)=O)cc(C(F)(F)F)c1. The summed E-state index contributed by atoms with van der Waals surface area (Å²) in [6, 6.07) is 6.19. The number of rotatable bonds is 2. The van der Waals surface area contributed by atoms with Gasteiger partial charge in [-0.05, 0) is 24.3 Å². The Kier molecular flexibility index (Phi) is 3.71. The molecular formula is C15H11F4NO3S. The van der Waals surface area contributed by atoms with Crippen LogP contribution in [0.4, 0.5) is 23.2 Å². The van der Waals surface area contributed by atoms with Gasteiger partial charge in [-0.1, -0.05) is 6.07 Å². The lowest BCUT2D eigenvalue weighted by Crippen LogP contribution is -2.24. The monoisotopic (exact) mass is 361 g/mol. The summed E-state index contributed by atoms with van der Waals surface area (Å²) in [5, 5.41) is 0. The molecule has 1 heterocycles. The molecule has 0 aromatic heterocycles. The number of anilines is 1. The highest BCUT2D eigenvalue weighted by Gasteiger charge is 2.38. The quantitative estimate of drug-likeness (QED) is 0.769. The first-order valence-electron chi connectivity index (χ1n) is 6.71. The summed E-state index contributed by atoms with van der Waals surface area (Å²) in [5.74, 6) is -0.871. The van der Waals surface area contributed by atoms with Crippen molar-refractivity contribution in [2.75, 3.05) is 11.4 Å². The molecule has 0 amide bonds. The van der Waals surface area contributed by atoms with Gasteiger partial charge in [-0.3, -0.25) is 4.31 Å². The molecule has 0 saturated heterocycles. The van der Waals surface area contributed by atoms with Gasteiger partial charge in [-0.2, -0.15) is 13.2 Å². The lowest BCUT2D eigenvalue weighted by Gasteiger charge is -2.19. The molecule has 4 nitrogen and oxygen atoms in total. The Hall–Kier alpha value is -2.29. The molecule has 0 bridgehead atoms. The fourth-order valence-electron chi connectivity index (χ4n) is 2.52. The maximum Gasteiger partial charge on any atom is 0.416 e. The van der Waals surface area contributed by atoms with Gasteiger partial charge in [0.2, 0.25) is 0 Å². The molecule has 0 radical (unpaired) electrons. The Labute approximate surface area is 135 Å². The van der Waals surface area contributed by atoms with Crippen LogP contribution >= 0.6 is 0 Å². The van der Waals surface area contributed by atoms with Gasteiger partial charge in [0, 0.05) is 11.6 Å². The topological polar surface area (TPSA) is 46.6 Å². The molecule has 0 N–H and O–H groups in total. The lowest BCUT2D eigenvalue weighted by molar-refractivity contribution is -0.137. The van der Waals surface area contributed by atoms with Crippen LogP contribution in [0, 0.1) is 5.82 Å². The van der Waals surface area contributed by atoms with Gasteiger partial charge in [0.05, 0.1) is 29.8 Å². The van der Waals surface area contributed by atoms with Crippen LogP contribution < -0.4 is 9.04 Å². The summed E-state index contributed by atoms with van der Waals surface area (Å²) in [4.78, 5) is -0.251. The van der Waals surface area contributed by atoms with E-state index in [0.717, 1.165) is 22.5 Å². The predicted molar refractivity (Wildman–Crippen MR) is 77.8 cm³/mol. The number of hydrogen-bond donors (Lipinski definition) is 0. The van der Waals surface area contributed by atoms with Gasteiger partial charge >= 0.3 is 6.18 Å². The van der Waals surface area contributed by atoms with E-state index in [1.165, 1.54) is 19.2 Å². The molecule has 0 spiro atoms. The van der Waals surface area contributed by atoms with Crippen LogP contribution in [0.5, 0.6) is 5.75 Å². The van der Waals surface area contributed by atoms with Gasteiger partial charge in [0.25, 0.3) is 10.0 Å². The molecule has 1 aliphatic rings. The Morgan fingerprint density at radius 2 is 1.88 bits per heavy atom. The van der Waals surface area contributed by atoms with Crippen molar-refractivity contribution < 1.29 is 30.7 Å². The Balaban J connectivity index is 2.16. The second-order valence-corrected chi connectivity index (χ2v) is 6.98. The number of alkyl halides is 3. The standard InChI is InChI=1S/C15H11F4NO3S/c1-23-11-6-9(15(17,18)19)5-10(7-11)20-8-12-13(16)3-2-4-14(12)24(20,21)22/h2-7H,8H2,1H3. The molecule has 0 unspecified atom stereocenters. The minimum Gasteiger partial charge on any atom is -0.497 e. The number of hydrogen-bond acceptors (Lipinski definition) is 3. The minimum absolute atomic E-state index is 0.0751. The summed E-state index contributed by atoms with van der Waals surface area (Å²) in [7, 11) is -2.97. The maximum atomic E-state index is 13.8. The van der Waals surface area contributed by atoms with E-state index >= 15 is 0 Å². The number of sulfonamides is 1. The van der Waals surface area contributed by atoms with Crippen LogP contribution in [-0.4, -0.2) is 15.5 Å². The Morgan fingerprint density at radius 3 is 2.46 bits per heavy atom. The third kappa shape index (κ3) is 2.58. The zero-order valence-electron chi connectivity index (χ0n) is 12.3. The second kappa shape index (κ2) is 5.37. The molecule has 9 heteroatoms. The highest BCUT2D eigenvalue weighted by Crippen LogP contribution is 2.40. The fourth-order valence-corrected chi connectivity index (χ4v) is 4.16. The molecule has 24 heavy (non-hydrogen) atoms. The van der Waals surface area contributed by atoms with Crippen molar-refractivity contribution >= 4 is 15.7 Å². The van der Waals surface area contributed by atoms with Crippen LogP contribution in [-0.2, 0) is 22.7 Å². The van der Waals surface area contributed by atoms with Gasteiger partial charge in [0.1, 0.15) is 11.6 Å². The van der Waals surface area contributed by atoms with E-state index in [0.29, 0.717) is 6.07 Å². The third-order valence-electron chi connectivity index (χ3n) is 3.69. The summed E-state index contributed by atoms with van der Waals surface area (Å²) in [6.07, 6.45) is -4.68. The van der Waals surface area contributed by atoms with Crippen LogP contribution in [0.2, 0.25) is 0 Å². The van der Waals surface area contributed by atoms with E-state index in [4.69, 9.17) is 4.74 Å². The third-order valence-corrected chi connectivity index (χ3v) is 5.55. The van der Waals surface area contributed by atoms with Crippen LogP contribution in [0.3, 0.4) is 0 Å². The van der Waals surface area contributed by atoms with Crippen LogP contribution in [0.25, 0.3) is 0 Å². The van der Waals surface area contributed by atoms with Crippen molar-refractivity contribution in [2.24, 2.45) is 0 Å². The Bertz CT molecular complexity index is 909. The Morgan fingerprint density at radius 1 is 1.17 bits per heavy atom. The summed E-state index contributed by atoms with van der Waals surface area (Å²) < 4.78 is 83.5. The number of ether oxygens (including phenoxy) is 1. The largest absolute Gasteiger partial charge is 0.497 e. The van der Waals surface area contributed by atoms with Crippen molar-refractivity contribution in [1.29, 1.82) is 0 Å². The molecule has 2 aromatic rings. The van der Waals surface area contributed by atoms with Crippen molar-refractivity contribution in [3.05, 3.63) is 53.3 Å². The molecular weight excluding hydrogens is 350 g/mol. The fraction of sp³-hybridized carbons (Fsp3) is 0.200. The van der Waals surface area contributed by atoms with Crippen molar-refractivity contribution in [3.8, 4) is 5.75 Å². The normalized spacial score (nSPS) is 16.1. The molecule has 128 valence electrons. The molecule has 0 saturated carbocycles. The van der Waals surface area contributed by atoms with Gasteiger partial charge in [-0.25, -0.2) is 12.8 Å². The average molecular weight is 361 g/mol. The maximum absolute atomic E-state index is 13.8. The van der Waals surface area contributed by atoms with Gasteiger partial charge in [-0.15, -0.1) is 0 Å². The van der Waals surface area contributed by atoms with E-state index in [1.807, 2.05) is 0 Å². The van der Waals surface area contributed by atoms with Crippen molar-refractivity contribution in [1.82, 2.24) is 0 Å². The second-order valence-electron chi connectivity index (χ2n) is 5.15. The van der Waals surface area contributed by atoms with Crippen molar-refractivity contribution in [3.63, 3.8) is 0 Å². The zero-order valence-corrected chi connectivity index (χ0v) is 13.1. The molecule has 3 rings (SSSR count). The number of fused-ring (bicyclic) bond motifs is 1. The number of benzene rings is 2. The van der Waals surface area contributed by atoms with E-state index < -0.39 is 27.6 Å². The average Bonchev–Trinajstić information content (AvgIpc) is 2.79. The predicted octanol–water partition coefficient (Wildman–Crippen LogP) is 3.56. The van der Waals surface area contributed by atoms with Crippen molar-refractivity contribution in [2.45, 2.75) is 17.6 Å². The first-order chi connectivity index (χ1) is 11.1. The molecule has 0 aliphatic carbocycles. The smallest absolute Gasteiger partial charge is 0.416 e. The van der Waals surface area contributed by atoms with Gasteiger partial charge in [0.15, 0.2) is 0 Å². The van der Waals surface area contributed by atoms with Gasteiger partial charge < -0.3 is 4.74 Å². The van der Waals surface area contributed by atoms with Crippen LogP contribution in [0.1, 0.15) is 11.1 Å². The summed E-state index contributed by atoms with van der Waals surface area (Å²) in [6.45, 7) is -0.380. The number of methoxy groups -OCH3 is 1. The molecule has 2 aromatic carbocycles. The minimum atomic E-state index is -4.68. The summed E-state index contributed by atoms with van der Waals surface area (Å²) >= 11 is 0. The molecule has 0 atom stereocenters. The molecule has 1 aliphatic heterocycles. The highest BCUT2D eigenvalue weighted by molar-refractivity contribution is 7.93. The first kappa shape index (κ1) is 16.6. The first-order valence-corrected chi connectivity index (χ1v) is 8.15. The number of nitrogens with zero attached hydrogens (tertiary/aromatic N) is 1. The van der Waals surface area contributed by atoms with E-state index in [2.05, 4.69) is 0 Å². The number of halogens is 4.